The standard InChI is InChI=1S/C8H16N4/c1-4-9-5-6-12-8(3)10-7(2)11-12/h9H,4-6H2,1-3H3. The molecule has 1 N–H and O–H groups in total. The van der Waals surface area contributed by atoms with E-state index in [1.807, 2.05) is 18.5 Å². The topological polar surface area (TPSA) is 42.7 Å². The van der Waals surface area contributed by atoms with Crippen molar-refractivity contribution in [3.8, 4) is 0 Å². The zero-order valence-corrected chi connectivity index (χ0v) is 7.96. The van der Waals surface area contributed by atoms with Crippen LogP contribution < -0.4 is 5.32 Å². The summed E-state index contributed by atoms with van der Waals surface area (Å²) in [7, 11) is 0. The van der Waals surface area contributed by atoms with Gasteiger partial charge in [0, 0.05) is 6.54 Å². The summed E-state index contributed by atoms with van der Waals surface area (Å²) in [5.74, 6) is 1.84. The molecule has 1 heterocycles. The van der Waals surface area contributed by atoms with Crippen LogP contribution in [0.4, 0.5) is 0 Å². The van der Waals surface area contributed by atoms with Crippen LogP contribution in [0, 0.1) is 13.8 Å². The molecule has 0 aliphatic rings. The maximum absolute atomic E-state index is 4.25. The lowest BCUT2D eigenvalue weighted by Crippen LogP contribution is -2.20. The largest absolute Gasteiger partial charge is 0.315 e. The molecule has 0 saturated carbocycles. The Bertz CT molecular complexity index is 241. The Labute approximate surface area is 73.0 Å². The molecule has 0 radical (unpaired) electrons. The van der Waals surface area contributed by atoms with Gasteiger partial charge in [0.25, 0.3) is 0 Å². The molecule has 4 nitrogen and oxygen atoms in total. The number of aryl methyl sites for hydroxylation is 2. The molecule has 0 atom stereocenters. The van der Waals surface area contributed by atoms with Crippen molar-refractivity contribution in [2.24, 2.45) is 0 Å². The molecule has 12 heavy (non-hydrogen) atoms. The minimum absolute atomic E-state index is 0.851. The number of hydrogen-bond acceptors (Lipinski definition) is 3. The van der Waals surface area contributed by atoms with Gasteiger partial charge < -0.3 is 5.32 Å². The molecule has 0 fully saturated rings. The highest BCUT2D eigenvalue weighted by molar-refractivity contribution is 4.87. The van der Waals surface area contributed by atoms with E-state index in [1.54, 1.807) is 0 Å². The Hall–Kier alpha value is -0.900. The summed E-state index contributed by atoms with van der Waals surface area (Å²) in [6, 6.07) is 0. The number of likely N-dealkylation sites (N-methyl/N-ethyl adjacent to an activating group) is 1. The fourth-order valence-electron chi connectivity index (χ4n) is 1.13. The first-order valence-electron chi connectivity index (χ1n) is 4.32. The molecule has 1 rings (SSSR count). The number of nitrogens with one attached hydrogen (secondary N) is 1. The second-order valence-electron chi connectivity index (χ2n) is 2.78. The van der Waals surface area contributed by atoms with Crippen molar-refractivity contribution in [1.29, 1.82) is 0 Å². The summed E-state index contributed by atoms with van der Waals surface area (Å²) in [5, 5.41) is 7.49. The molecule has 0 unspecified atom stereocenters. The van der Waals surface area contributed by atoms with Crippen molar-refractivity contribution in [3.05, 3.63) is 11.6 Å². The van der Waals surface area contributed by atoms with Crippen LogP contribution in [-0.2, 0) is 6.54 Å². The van der Waals surface area contributed by atoms with Crippen LogP contribution in [-0.4, -0.2) is 27.9 Å². The molecule has 0 aliphatic carbocycles. The highest BCUT2D eigenvalue weighted by Crippen LogP contribution is 1.94. The van der Waals surface area contributed by atoms with Crippen LogP contribution in [0.2, 0.25) is 0 Å². The van der Waals surface area contributed by atoms with E-state index in [2.05, 4.69) is 22.3 Å². The van der Waals surface area contributed by atoms with E-state index >= 15 is 0 Å². The third kappa shape index (κ3) is 2.30. The van der Waals surface area contributed by atoms with E-state index < -0.39 is 0 Å². The quantitative estimate of drug-likeness (QED) is 0.666. The van der Waals surface area contributed by atoms with Gasteiger partial charge in [-0.15, -0.1) is 0 Å². The minimum Gasteiger partial charge on any atom is -0.315 e. The van der Waals surface area contributed by atoms with Crippen molar-refractivity contribution in [2.45, 2.75) is 27.3 Å². The van der Waals surface area contributed by atoms with E-state index in [0.717, 1.165) is 31.3 Å². The molecule has 0 aliphatic heterocycles. The highest BCUT2D eigenvalue weighted by Gasteiger charge is 1.99. The minimum atomic E-state index is 0.851. The monoisotopic (exact) mass is 168 g/mol. The second-order valence-corrected chi connectivity index (χ2v) is 2.78. The lowest BCUT2D eigenvalue weighted by molar-refractivity contribution is 0.550. The summed E-state index contributed by atoms with van der Waals surface area (Å²) >= 11 is 0. The summed E-state index contributed by atoms with van der Waals surface area (Å²) in [6.45, 7) is 8.86. The molecule has 1 aromatic rings. The summed E-state index contributed by atoms with van der Waals surface area (Å²) < 4.78 is 1.93. The Morgan fingerprint density at radius 3 is 2.67 bits per heavy atom. The van der Waals surface area contributed by atoms with Crippen molar-refractivity contribution in [2.75, 3.05) is 13.1 Å². The Kier molecular flexibility index (Phi) is 3.22. The molecule has 68 valence electrons. The molecule has 0 saturated heterocycles. The first kappa shape index (κ1) is 9.19. The predicted octanol–water partition coefficient (Wildman–Crippen LogP) is 0.504. The second kappa shape index (κ2) is 4.21. The molecule has 0 spiro atoms. The van der Waals surface area contributed by atoms with E-state index in [0.29, 0.717) is 0 Å². The third-order valence-corrected chi connectivity index (χ3v) is 1.71. The van der Waals surface area contributed by atoms with Crippen molar-refractivity contribution >= 4 is 0 Å². The third-order valence-electron chi connectivity index (χ3n) is 1.71. The van der Waals surface area contributed by atoms with E-state index in [9.17, 15) is 0 Å². The molecule has 0 bridgehead atoms. The molecular weight excluding hydrogens is 152 g/mol. The van der Waals surface area contributed by atoms with Gasteiger partial charge in [-0.05, 0) is 20.4 Å². The van der Waals surface area contributed by atoms with Crippen LogP contribution in [0.15, 0.2) is 0 Å². The predicted molar refractivity (Wildman–Crippen MR) is 48.0 cm³/mol. The fraction of sp³-hybridized carbons (Fsp3) is 0.750. The number of hydrogen-bond donors (Lipinski definition) is 1. The Morgan fingerprint density at radius 2 is 2.17 bits per heavy atom. The van der Waals surface area contributed by atoms with Crippen molar-refractivity contribution < 1.29 is 0 Å². The number of aromatic nitrogens is 3. The SMILES string of the molecule is CCNCCn1nc(C)nc1C. The highest BCUT2D eigenvalue weighted by atomic mass is 15.3. The summed E-state index contributed by atoms with van der Waals surface area (Å²) in [6.07, 6.45) is 0. The van der Waals surface area contributed by atoms with Crippen LogP contribution >= 0.6 is 0 Å². The first-order chi connectivity index (χ1) is 5.74. The molecular formula is C8H16N4. The van der Waals surface area contributed by atoms with E-state index in [1.165, 1.54) is 0 Å². The van der Waals surface area contributed by atoms with Crippen LogP contribution in [0.25, 0.3) is 0 Å². The van der Waals surface area contributed by atoms with Gasteiger partial charge in [0.2, 0.25) is 0 Å². The molecule has 4 heteroatoms. The number of nitrogens with zero attached hydrogens (tertiary/aromatic N) is 3. The van der Waals surface area contributed by atoms with Crippen LogP contribution in [0.1, 0.15) is 18.6 Å². The van der Waals surface area contributed by atoms with Crippen LogP contribution in [0.5, 0.6) is 0 Å². The fourth-order valence-corrected chi connectivity index (χ4v) is 1.13. The van der Waals surface area contributed by atoms with Gasteiger partial charge in [-0.2, -0.15) is 5.10 Å². The lowest BCUT2D eigenvalue weighted by atomic mass is 10.5. The normalized spacial score (nSPS) is 10.6. The van der Waals surface area contributed by atoms with Gasteiger partial charge in [-0.25, -0.2) is 9.67 Å². The summed E-state index contributed by atoms with van der Waals surface area (Å²) in [4.78, 5) is 4.21. The smallest absolute Gasteiger partial charge is 0.147 e. The average molecular weight is 168 g/mol. The average Bonchev–Trinajstić information content (AvgIpc) is 2.31. The zero-order valence-electron chi connectivity index (χ0n) is 7.96. The van der Waals surface area contributed by atoms with Crippen molar-refractivity contribution in [3.63, 3.8) is 0 Å². The van der Waals surface area contributed by atoms with Gasteiger partial charge in [0.1, 0.15) is 11.6 Å². The summed E-state index contributed by atoms with van der Waals surface area (Å²) in [5.41, 5.74) is 0. The molecule has 0 amide bonds. The van der Waals surface area contributed by atoms with Crippen molar-refractivity contribution in [1.82, 2.24) is 20.1 Å². The molecule has 1 aromatic heterocycles. The lowest BCUT2D eigenvalue weighted by Gasteiger charge is -2.02. The molecule has 0 aromatic carbocycles. The maximum atomic E-state index is 4.25. The first-order valence-corrected chi connectivity index (χ1v) is 4.32. The van der Waals surface area contributed by atoms with Gasteiger partial charge in [0.15, 0.2) is 0 Å². The Morgan fingerprint density at radius 1 is 1.42 bits per heavy atom. The van der Waals surface area contributed by atoms with E-state index in [-0.39, 0.29) is 0 Å². The van der Waals surface area contributed by atoms with Crippen LogP contribution in [0.3, 0.4) is 0 Å². The Balaban J connectivity index is 2.45. The van der Waals surface area contributed by atoms with Gasteiger partial charge in [0.05, 0.1) is 6.54 Å². The van der Waals surface area contributed by atoms with Gasteiger partial charge in [-0.1, -0.05) is 6.92 Å². The zero-order chi connectivity index (χ0) is 8.97. The van der Waals surface area contributed by atoms with Gasteiger partial charge in [-0.3, -0.25) is 0 Å². The van der Waals surface area contributed by atoms with E-state index in [4.69, 9.17) is 0 Å². The number of rotatable bonds is 4. The van der Waals surface area contributed by atoms with Gasteiger partial charge >= 0.3 is 0 Å². The maximum Gasteiger partial charge on any atom is 0.147 e.